The molecule has 204 valence electrons. The van der Waals surface area contributed by atoms with Crippen molar-refractivity contribution in [3.05, 3.63) is 130 Å². The molecule has 2 fully saturated rings. The molecule has 9 nitrogen and oxygen atoms in total. The monoisotopic (exact) mass is 539 g/mol. The Kier molecular flexibility index (Phi) is 7.52. The van der Waals surface area contributed by atoms with Crippen molar-refractivity contribution in [2.45, 2.75) is 37.3 Å². The Bertz CT molecular complexity index is 1500. The van der Waals surface area contributed by atoms with E-state index in [0.717, 1.165) is 11.1 Å². The van der Waals surface area contributed by atoms with E-state index in [9.17, 15) is 9.59 Å². The van der Waals surface area contributed by atoms with E-state index in [1.54, 1.807) is 36.5 Å². The highest BCUT2D eigenvalue weighted by molar-refractivity contribution is 6.03. The molecule has 2 bridgehead atoms. The highest BCUT2D eigenvalue weighted by Gasteiger charge is 2.63. The van der Waals surface area contributed by atoms with Gasteiger partial charge in [-0.25, -0.2) is 4.79 Å². The van der Waals surface area contributed by atoms with E-state index in [4.69, 9.17) is 18.9 Å². The first-order valence-electron chi connectivity index (χ1n) is 13.1. The number of carbonyl (C=O) groups is 1. The van der Waals surface area contributed by atoms with Crippen molar-refractivity contribution >= 4 is 11.7 Å². The van der Waals surface area contributed by atoms with Crippen LogP contribution in [0.1, 0.15) is 27.7 Å². The van der Waals surface area contributed by atoms with Crippen LogP contribution in [0.4, 0.5) is 5.82 Å². The lowest BCUT2D eigenvalue weighted by atomic mass is 10.00. The van der Waals surface area contributed by atoms with Gasteiger partial charge in [0, 0.05) is 11.8 Å². The SMILES string of the molecule is O=C(Nc1ccn([C@@H]2O[C@@]3(COCc4ccccc4)CO[C@@H]2[C@@H]3OCc2ccccc2)c(=O)n1)c1ccccc1. The van der Waals surface area contributed by atoms with Crippen LogP contribution in [-0.2, 0) is 32.2 Å². The third kappa shape index (κ3) is 5.45. The molecule has 1 N–H and O–H groups in total. The van der Waals surface area contributed by atoms with Crippen molar-refractivity contribution in [2.75, 3.05) is 18.5 Å². The molecule has 6 rings (SSSR count). The number of nitrogens with one attached hydrogen (secondary N) is 1. The summed E-state index contributed by atoms with van der Waals surface area (Å²) in [5.74, 6) is -0.203. The maximum absolute atomic E-state index is 13.1. The lowest BCUT2D eigenvalue weighted by Gasteiger charge is -2.31. The first-order valence-corrected chi connectivity index (χ1v) is 13.1. The highest BCUT2D eigenvalue weighted by Crippen LogP contribution is 2.46. The zero-order valence-corrected chi connectivity index (χ0v) is 21.7. The van der Waals surface area contributed by atoms with Crippen LogP contribution in [0.15, 0.2) is 108 Å². The van der Waals surface area contributed by atoms with Crippen molar-refractivity contribution < 1.29 is 23.7 Å². The van der Waals surface area contributed by atoms with Crippen molar-refractivity contribution in [1.29, 1.82) is 0 Å². The average Bonchev–Trinajstić information content (AvgIpc) is 3.49. The lowest BCUT2D eigenvalue weighted by molar-refractivity contribution is -0.197. The maximum atomic E-state index is 13.1. The minimum atomic E-state index is -0.904. The summed E-state index contributed by atoms with van der Waals surface area (Å²) < 4.78 is 26.5. The van der Waals surface area contributed by atoms with Gasteiger partial charge in [0.15, 0.2) is 6.23 Å². The quantitative estimate of drug-likeness (QED) is 0.326. The Morgan fingerprint density at radius 3 is 2.25 bits per heavy atom. The topological polar surface area (TPSA) is 101 Å². The van der Waals surface area contributed by atoms with E-state index < -0.39 is 29.7 Å². The normalized spacial score (nSPS) is 23.2. The fourth-order valence-corrected chi connectivity index (χ4v) is 5.10. The van der Waals surface area contributed by atoms with Crippen molar-refractivity contribution in [3.8, 4) is 0 Å². The van der Waals surface area contributed by atoms with Gasteiger partial charge in [-0.2, -0.15) is 4.98 Å². The summed E-state index contributed by atoms with van der Waals surface area (Å²) in [6.07, 6.45) is -0.239. The van der Waals surface area contributed by atoms with Crippen LogP contribution in [0.3, 0.4) is 0 Å². The highest BCUT2D eigenvalue weighted by atomic mass is 16.7. The molecule has 0 saturated carbocycles. The second-order valence-electron chi connectivity index (χ2n) is 9.87. The fraction of sp³-hybridized carbons (Fsp3) is 0.258. The second-order valence-corrected chi connectivity index (χ2v) is 9.87. The molecular weight excluding hydrogens is 510 g/mol. The Hall–Kier alpha value is -4.15. The molecule has 9 heteroatoms. The molecule has 4 atom stereocenters. The molecule has 3 aromatic carbocycles. The molecule has 0 unspecified atom stereocenters. The van der Waals surface area contributed by atoms with Crippen LogP contribution < -0.4 is 11.0 Å². The zero-order chi connectivity index (χ0) is 27.4. The Morgan fingerprint density at radius 2 is 1.57 bits per heavy atom. The summed E-state index contributed by atoms with van der Waals surface area (Å²) in [5, 5.41) is 2.67. The van der Waals surface area contributed by atoms with E-state index in [2.05, 4.69) is 10.3 Å². The van der Waals surface area contributed by atoms with E-state index in [-0.39, 0.29) is 24.9 Å². The smallest absolute Gasteiger partial charge is 0.351 e. The third-order valence-electron chi connectivity index (χ3n) is 7.09. The lowest BCUT2D eigenvalue weighted by Crippen LogP contribution is -2.46. The number of ether oxygens (including phenoxy) is 4. The van der Waals surface area contributed by atoms with E-state index in [1.807, 2.05) is 66.7 Å². The maximum Gasteiger partial charge on any atom is 0.351 e. The van der Waals surface area contributed by atoms with E-state index in [0.29, 0.717) is 18.8 Å². The molecule has 40 heavy (non-hydrogen) atoms. The molecular formula is C31H29N3O6. The summed E-state index contributed by atoms with van der Waals surface area (Å²) >= 11 is 0. The molecule has 1 aromatic heterocycles. The van der Waals surface area contributed by atoms with Crippen molar-refractivity contribution in [3.63, 3.8) is 0 Å². The number of hydrogen-bond acceptors (Lipinski definition) is 7. The minimum absolute atomic E-state index is 0.150. The number of amides is 1. The molecule has 4 aromatic rings. The number of carbonyl (C=O) groups excluding carboxylic acids is 1. The first kappa shape index (κ1) is 26.1. The van der Waals surface area contributed by atoms with E-state index >= 15 is 0 Å². The third-order valence-corrected chi connectivity index (χ3v) is 7.09. The number of fused-ring (bicyclic) bond motifs is 2. The summed E-state index contributed by atoms with van der Waals surface area (Å²) in [5.41, 5.74) is 1.05. The fourth-order valence-electron chi connectivity index (χ4n) is 5.10. The standard InChI is InChI=1S/C31H29N3O6/c35-28(24-14-8-3-9-15-24)32-25-16-17-34(30(36)33-25)29-26-27(38-19-23-12-6-2-7-13-23)31(40-29,21-39-26)20-37-18-22-10-4-1-5-11-22/h1-17,26-27,29H,18-21H2,(H,32,33,35,36)/t26-,27+,29-,31+/m1/s1. The second kappa shape index (κ2) is 11.5. The van der Waals surface area contributed by atoms with Crippen LogP contribution in [0, 0.1) is 0 Å². The van der Waals surface area contributed by atoms with Crippen molar-refractivity contribution in [2.24, 2.45) is 0 Å². The molecule has 2 aliphatic rings. The van der Waals surface area contributed by atoms with Crippen LogP contribution in [0.25, 0.3) is 0 Å². The molecule has 2 saturated heterocycles. The largest absolute Gasteiger partial charge is 0.374 e. The predicted octanol–water partition coefficient (Wildman–Crippen LogP) is 3.96. The first-order chi connectivity index (χ1) is 19.6. The van der Waals surface area contributed by atoms with Gasteiger partial charge >= 0.3 is 5.69 Å². The number of rotatable bonds is 10. The van der Waals surface area contributed by atoms with Gasteiger partial charge in [0.05, 0.1) is 26.4 Å². The number of benzene rings is 3. The molecule has 1 amide bonds. The molecule has 0 radical (unpaired) electrons. The minimum Gasteiger partial charge on any atom is -0.374 e. The van der Waals surface area contributed by atoms with Gasteiger partial charge in [-0.3, -0.25) is 9.36 Å². The van der Waals surface area contributed by atoms with Crippen molar-refractivity contribution in [1.82, 2.24) is 9.55 Å². The van der Waals surface area contributed by atoms with Gasteiger partial charge in [0.1, 0.15) is 23.6 Å². The van der Waals surface area contributed by atoms with Gasteiger partial charge in [-0.15, -0.1) is 0 Å². The summed E-state index contributed by atoms with van der Waals surface area (Å²) in [6, 6.07) is 30.0. The molecule has 0 spiro atoms. The predicted molar refractivity (Wildman–Crippen MR) is 147 cm³/mol. The summed E-state index contributed by atoms with van der Waals surface area (Å²) in [7, 11) is 0. The van der Waals surface area contributed by atoms with Crippen LogP contribution in [-0.4, -0.2) is 46.5 Å². The van der Waals surface area contributed by atoms with Crippen LogP contribution in [0.2, 0.25) is 0 Å². The number of hydrogen-bond donors (Lipinski definition) is 1. The number of nitrogens with zero attached hydrogens (tertiary/aromatic N) is 2. The van der Waals surface area contributed by atoms with Crippen LogP contribution in [0.5, 0.6) is 0 Å². The van der Waals surface area contributed by atoms with Gasteiger partial charge in [0.2, 0.25) is 0 Å². The van der Waals surface area contributed by atoms with Gasteiger partial charge in [-0.1, -0.05) is 78.9 Å². The number of anilines is 1. The Balaban J connectivity index is 1.20. The summed E-state index contributed by atoms with van der Waals surface area (Å²) in [6.45, 7) is 1.26. The van der Waals surface area contributed by atoms with Gasteiger partial charge in [-0.05, 0) is 29.3 Å². The molecule has 3 heterocycles. The number of aromatic nitrogens is 2. The van der Waals surface area contributed by atoms with Gasteiger partial charge < -0.3 is 24.3 Å². The van der Waals surface area contributed by atoms with E-state index in [1.165, 1.54) is 4.57 Å². The van der Waals surface area contributed by atoms with Crippen LogP contribution >= 0.6 is 0 Å². The molecule has 2 aliphatic heterocycles. The Morgan fingerprint density at radius 1 is 0.925 bits per heavy atom. The molecule has 0 aliphatic carbocycles. The van der Waals surface area contributed by atoms with Gasteiger partial charge in [0.25, 0.3) is 5.91 Å². The zero-order valence-electron chi connectivity index (χ0n) is 21.7. The average molecular weight is 540 g/mol. The summed E-state index contributed by atoms with van der Waals surface area (Å²) in [4.78, 5) is 29.7. The Labute approximate surface area is 231 Å².